The third kappa shape index (κ3) is 4.82. The topological polar surface area (TPSA) is 50.2 Å². The second-order valence-electron chi connectivity index (χ2n) is 3.09. The fourth-order valence-electron chi connectivity index (χ4n) is 0.967. The molecule has 0 fully saturated rings. The molecule has 84 valence electrons. The van der Waals surface area contributed by atoms with Gasteiger partial charge in [-0.25, -0.2) is 4.21 Å². The molecule has 0 saturated carbocycles. The van der Waals surface area contributed by atoms with E-state index in [1.165, 1.54) is 0 Å². The smallest absolute Gasteiger partial charge is 0.186 e. The summed E-state index contributed by atoms with van der Waals surface area (Å²) in [7, 11) is 0. The van der Waals surface area contributed by atoms with Gasteiger partial charge in [-0.3, -0.25) is 4.98 Å². The standard InChI is InChI=1S/C7H8O2S.C5H5N/c1-6-2-4-7(5-3-6)10(8)9;1-2-4-6-5-3-1/h2-5H,1H3,(H,8,9);1-5H. The normalized spacial score (nSPS) is 11.1. The molecule has 4 heteroatoms. The average molecular weight is 235 g/mol. The minimum absolute atomic E-state index is 0.450. The largest absolute Gasteiger partial charge is 0.302 e. The number of rotatable bonds is 1. The fourth-order valence-corrected chi connectivity index (χ4v) is 1.34. The molecule has 2 rings (SSSR count). The summed E-state index contributed by atoms with van der Waals surface area (Å²) in [6.45, 7) is 1.93. The van der Waals surface area contributed by atoms with E-state index in [0.717, 1.165) is 5.56 Å². The van der Waals surface area contributed by atoms with E-state index >= 15 is 0 Å². The van der Waals surface area contributed by atoms with Gasteiger partial charge in [0.25, 0.3) is 0 Å². The van der Waals surface area contributed by atoms with E-state index in [1.807, 2.05) is 37.3 Å². The van der Waals surface area contributed by atoms with Crippen LogP contribution in [0.15, 0.2) is 59.8 Å². The lowest BCUT2D eigenvalue weighted by molar-refractivity contribution is 0.564. The summed E-state index contributed by atoms with van der Waals surface area (Å²) in [5.74, 6) is 0. The highest BCUT2D eigenvalue weighted by molar-refractivity contribution is 7.79. The van der Waals surface area contributed by atoms with Crippen LogP contribution in [0.5, 0.6) is 0 Å². The second-order valence-corrected chi connectivity index (χ2v) is 4.06. The predicted octanol–water partition coefficient (Wildman–Crippen LogP) is 2.66. The van der Waals surface area contributed by atoms with Crippen LogP contribution in [0.3, 0.4) is 0 Å². The van der Waals surface area contributed by atoms with Crippen molar-refractivity contribution in [2.75, 3.05) is 0 Å². The van der Waals surface area contributed by atoms with E-state index in [9.17, 15) is 4.21 Å². The Labute approximate surface area is 97.5 Å². The first-order chi connectivity index (χ1) is 7.70. The van der Waals surface area contributed by atoms with Crippen molar-refractivity contribution in [1.29, 1.82) is 0 Å². The maximum absolute atomic E-state index is 10.4. The van der Waals surface area contributed by atoms with Gasteiger partial charge in [-0.15, -0.1) is 0 Å². The molecule has 0 aliphatic carbocycles. The summed E-state index contributed by atoms with van der Waals surface area (Å²) in [5.41, 5.74) is 1.09. The van der Waals surface area contributed by atoms with Gasteiger partial charge >= 0.3 is 0 Å². The first kappa shape index (κ1) is 12.5. The first-order valence-electron chi connectivity index (χ1n) is 4.72. The van der Waals surface area contributed by atoms with E-state index in [0.29, 0.717) is 4.90 Å². The van der Waals surface area contributed by atoms with Gasteiger partial charge < -0.3 is 4.55 Å². The molecule has 0 radical (unpaired) electrons. The zero-order valence-corrected chi connectivity index (χ0v) is 9.72. The van der Waals surface area contributed by atoms with Gasteiger partial charge in [-0.1, -0.05) is 23.8 Å². The molecular formula is C12H13NO2S. The number of pyridine rings is 1. The summed E-state index contributed by atoms with van der Waals surface area (Å²) >= 11 is -1.84. The number of aromatic nitrogens is 1. The quantitative estimate of drug-likeness (QED) is 0.773. The molecule has 16 heavy (non-hydrogen) atoms. The summed E-state index contributed by atoms with van der Waals surface area (Å²) in [6, 6.07) is 12.6. The lowest BCUT2D eigenvalue weighted by Gasteiger charge is -1.93. The molecule has 0 saturated heterocycles. The summed E-state index contributed by atoms with van der Waals surface area (Å²) in [5, 5.41) is 0. The average Bonchev–Trinajstić information content (AvgIpc) is 2.32. The molecule has 2 aromatic rings. The van der Waals surface area contributed by atoms with Crippen molar-refractivity contribution in [3.63, 3.8) is 0 Å². The highest BCUT2D eigenvalue weighted by atomic mass is 32.2. The molecule has 3 nitrogen and oxygen atoms in total. The van der Waals surface area contributed by atoms with Crippen LogP contribution in [0.4, 0.5) is 0 Å². The Morgan fingerprint density at radius 3 is 1.94 bits per heavy atom. The van der Waals surface area contributed by atoms with Gasteiger partial charge in [0.15, 0.2) is 11.1 Å². The minimum atomic E-state index is -1.84. The lowest BCUT2D eigenvalue weighted by atomic mass is 10.2. The molecule has 0 bridgehead atoms. The Kier molecular flexibility index (Phi) is 5.39. The molecule has 1 aromatic heterocycles. The fraction of sp³-hybridized carbons (Fsp3) is 0.0833. The van der Waals surface area contributed by atoms with Crippen molar-refractivity contribution in [2.45, 2.75) is 11.8 Å². The maximum atomic E-state index is 10.4. The van der Waals surface area contributed by atoms with Gasteiger partial charge in [0, 0.05) is 12.4 Å². The Morgan fingerprint density at radius 2 is 1.62 bits per heavy atom. The monoisotopic (exact) mass is 235 g/mol. The van der Waals surface area contributed by atoms with Crippen molar-refractivity contribution in [3.8, 4) is 0 Å². The number of nitrogens with zero attached hydrogens (tertiary/aromatic N) is 1. The van der Waals surface area contributed by atoms with E-state index in [4.69, 9.17) is 4.55 Å². The zero-order valence-electron chi connectivity index (χ0n) is 8.91. The van der Waals surface area contributed by atoms with Crippen molar-refractivity contribution in [1.82, 2.24) is 4.98 Å². The van der Waals surface area contributed by atoms with Crippen LogP contribution in [-0.2, 0) is 11.1 Å². The Balaban J connectivity index is 0.000000181. The molecular weight excluding hydrogens is 222 g/mol. The second kappa shape index (κ2) is 6.87. The number of benzene rings is 1. The Bertz CT molecular complexity index is 402. The Hall–Kier alpha value is -1.52. The number of hydrogen-bond acceptors (Lipinski definition) is 2. The highest BCUT2D eigenvalue weighted by Gasteiger charge is 1.95. The Morgan fingerprint density at radius 1 is 1.06 bits per heavy atom. The molecule has 0 spiro atoms. The van der Waals surface area contributed by atoms with Crippen LogP contribution < -0.4 is 0 Å². The number of aryl methyl sites for hydroxylation is 1. The van der Waals surface area contributed by atoms with Crippen LogP contribution in [0.2, 0.25) is 0 Å². The van der Waals surface area contributed by atoms with E-state index in [1.54, 1.807) is 24.5 Å². The summed E-state index contributed by atoms with van der Waals surface area (Å²) in [6.07, 6.45) is 3.50. The third-order valence-corrected chi connectivity index (χ3v) is 2.46. The molecule has 0 aliphatic heterocycles. The van der Waals surface area contributed by atoms with Crippen molar-refractivity contribution < 1.29 is 8.76 Å². The molecule has 0 amide bonds. The van der Waals surface area contributed by atoms with Crippen molar-refractivity contribution >= 4 is 11.1 Å². The van der Waals surface area contributed by atoms with Crippen LogP contribution >= 0.6 is 0 Å². The van der Waals surface area contributed by atoms with Crippen LogP contribution in [0.25, 0.3) is 0 Å². The zero-order chi connectivity index (χ0) is 11.8. The van der Waals surface area contributed by atoms with Gasteiger partial charge in [-0.05, 0) is 31.2 Å². The van der Waals surface area contributed by atoms with Crippen LogP contribution in [0, 0.1) is 6.92 Å². The van der Waals surface area contributed by atoms with Gasteiger partial charge in [0.1, 0.15) is 0 Å². The van der Waals surface area contributed by atoms with Crippen LogP contribution in [0.1, 0.15) is 5.56 Å². The molecule has 1 atom stereocenters. The molecule has 1 unspecified atom stereocenters. The van der Waals surface area contributed by atoms with Gasteiger partial charge in [0.2, 0.25) is 0 Å². The molecule has 1 N–H and O–H groups in total. The third-order valence-electron chi connectivity index (χ3n) is 1.79. The highest BCUT2D eigenvalue weighted by Crippen LogP contribution is 2.05. The van der Waals surface area contributed by atoms with Crippen molar-refractivity contribution in [2.24, 2.45) is 0 Å². The summed E-state index contributed by atoms with van der Waals surface area (Å²) < 4.78 is 19.0. The van der Waals surface area contributed by atoms with E-state index < -0.39 is 11.1 Å². The van der Waals surface area contributed by atoms with E-state index in [-0.39, 0.29) is 0 Å². The molecule has 1 heterocycles. The molecule has 0 aliphatic rings. The summed E-state index contributed by atoms with van der Waals surface area (Å²) in [4.78, 5) is 4.23. The maximum Gasteiger partial charge on any atom is 0.186 e. The van der Waals surface area contributed by atoms with Crippen LogP contribution in [-0.4, -0.2) is 13.7 Å². The van der Waals surface area contributed by atoms with E-state index in [2.05, 4.69) is 4.98 Å². The number of hydrogen-bond donors (Lipinski definition) is 1. The molecule has 1 aromatic carbocycles. The van der Waals surface area contributed by atoms with Crippen molar-refractivity contribution in [3.05, 3.63) is 60.4 Å². The van der Waals surface area contributed by atoms with Gasteiger partial charge in [-0.2, -0.15) is 0 Å². The first-order valence-corrected chi connectivity index (χ1v) is 5.83. The van der Waals surface area contributed by atoms with Gasteiger partial charge in [0.05, 0.1) is 4.90 Å². The lowest BCUT2D eigenvalue weighted by Crippen LogP contribution is -1.86. The predicted molar refractivity (Wildman–Crippen MR) is 64.5 cm³/mol. The SMILES string of the molecule is Cc1ccc(S(=O)O)cc1.c1ccncc1. The minimum Gasteiger partial charge on any atom is -0.302 e.